The fraction of sp³-hybridized carbons (Fsp3) is 0.138. The highest BCUT2D eigenvalue weighted by Gasteiger charge is 2.08. The molecule has 156 valence electrons. The minimum absolute atomic E-state index is 0.0427. The fourth-order valence-corrected chi connectivity index (χ4v) is 3.64. The third kappa shape index (κ3) is 4.53. The van der Waals surface area contributed by atoms with E-state index in [9.17, 15) is 4.39 Å². The van der Waals surface area contributed by atoms with E-state index in [1.807, 2.05) is 18.2 Å². The average Bonchev–Trinajstić information content (AvgIpc) is 2.82. The summed E-state index contributed by atoms with van der Waals surface area (Å²) in [5.41, 5.74) is 4.05. The molecule has 0 fully saturated rings. The highest BCUT2D eigenvalue weighted by molar-refractivity contribution is 5.89. The van der Waals surface area contributed by atoms with E-state index >= 15 is 4.39 Å². The maximum Gasteiger partial charge on any atom is 0.146 e. The molecular weight excluding hydrogens is 400 g/mol. The molecule has 0 saturated heterocycles. The lowest BCUT2D eigenvalue weighted by Crippen LogP contribution is -1.89. The van der Waals surface area contributed by atoms with Crippen LogP contribution < -0.4 is 0 Å². The van der Waals surface area contributed by atoms with Gasteiger partial charge in [0.15, 0.2) is 0 Å². The zero-order chi connectivity index (χ0) is 22.5. The van der Waals surface area contributed by atoms with Gasteiger partial charge in [0.1, 0.15) is 17.7 Å². The number of hydrogen-bond acceptors (Lipinski definition) is 1. The maximum atomic E-state index is 15.1. The van der Waals surface area contributed by atoms with Crippen molar-refractivity contribution >= 4 is 10.8 Å². The van der Waals surface area contributed by atoms with E-state index in [0.29, 0.717) is 10.9 Å². The van der Waals surface area contributed by atoms with Gasteiger partial charge in [-0.1, -0.05) is 67.6 Å². The normalized spacial score (nSPS) is 10.4. The molecule has 4 aromatic carbocycles. The van der Waals surface area contributed by atoms with Crippen LogP contribution in [0, 0.1) is 34.8 Å². The second-order valence-corrected chi connectivity index (χ2v) is 7.72. The van der Waals surface area contributed by atoms with Crippen LogP contribution >= 0.6 is 0 Å². The van der Waals surface area contributed by atoms with Crippen LogP contribution in [0.3, 0.4) is 0 Å². The zero-order valence-corrected chi connectivity index (χ0v) is 17.8. The molecule has 0 heterocycles. The van der Waals surface area contributed by atoms with Crippen LogP contribution in [0.25, 0.3) is 21.9 Å². The Labute approximate surface area is 187 Å². The van der Waals surface area contributed by atoms with Crippen LogP contribution in [0.5, 0.6) is 0 Å². The van der Waals surface area contributed by atoms with Crippen molar-refractivity contribution in [2.45, 2.75) is 26.2 Å². The summed E-state index contributed by atoms with van der Waals surface area (Å²) in [5.74, 6) is 4.52. The van der Waals surface area contributed by atoms with Gasteiger partial charge in [0, 0.05) is 10.9 Å². The van der Waals surface area contributed by atoms with Crippen molar-refractivity contribution in [1.82, 2.24) is 0 Å². The SMILES string of the molecule is CCCCc1ccc(-c2ccc3c(F)c(C#Cc4ccc(C#N)c(F)c4)ccc3c2)cc1. The second-order valence-electron chi connectivity index (χ2n) is 7.72. The molecule has 0 radical (unpaired) electrons. The number of hydrogen-bond donors (Lipinski definition) is 0. The summed E-state index contributed by atoms with van der Waals surface area (Å²) in [6, 6.07) is 23.6. The Kier molecular flexibility index (Phi) is 6.29. The van der Waals surface area contributed by atoms with E-state index < -0.39 is 11.6 Å². The Balaban J connectivity index is 1.62. The molecule has 0 atom stereocenters. The van der Waals surface area contributed by atoms with Crippen molar-refractivity contribution in [2.24, 2.45) is 0 Å². The van der Waals surface area contributed by atoms with Gasteiger partial charge < -0.3 is 0 Å². The smallest absolute Gasteiger partial charge is 0.146 e. The summed E-state index contributed by atoms with van der Waals surface area (Å²) < 4.78 is 28.8. The van der Waals surface area contributed by atoms with Gasteiger partial charge in [0.25, 0.3) is 0 Å². The Bertz CT molecular complexity index is 1380. The maximum absolute atomic E-state index is 15.1. The second kappa shape index (κ2) is 9.46. The van der Waals surface area contributed by atoms with E-state index in [0.717, 1.165) is 22.9 Å². The monoisotopic (exact) mass is 421 g/mol. The molecule has 0 aliphatic rings. The number of unbranched alkanes of at least 4 members (excludes halogenated alkanes) is 1. The molecule has 32 heavy (non-hydrogen) atoms. The van der Waals surface area contributed by atoms with E-state index in [1.165, 1.54) is 30.5 Å². The molecule has 0 unspecified atom stereocenters. The molecule has 0 N–H and O–H groups in total. The van der Waals surface area contributed by atoms with Gasteiger partial charge in [-0.2, -0.15) is 5.26 Å². The Hall–Kier alpha value is -3.95. The predicted molar refractivity (Wildman–Crippen MR) is 125 cm³/mol. The molecule has 0 amide bonds. The predicted octanol–water partition coefficient (Wildman–Crippen LogP) is 7.40. The van der Waals surface area contributed by atoms with Gasteiger partial charge in [-0.25, -0.2) is 8.78 Å². The molecule has 0 saturated carbocycles. The van der Waals surface area contributed by atoms with Gasteiger partial charge in [-0.15, -0.1) is 0 Å². The Morgan fingerprint density at radius 1 is 0.781 bits per heavy atom. The molecule has 0 aliphatic carbocycles. The topological polar surface area (TPSA) is 23.8 Å². The number of nitrogens with zero attached hydrogens (tertiary/aromatic N) is 1. The first-order valence-electron chi connectivity index (χ1n) is 10.6. The van der Waals surface area contributed by atoms with Gasteiger partial charge in [0.2, 0.25) is 0 Å². The number of nitriles is 1. The molecule has 0 bridgehead atoms. The summed E-state index contributed by atoms with van der Waals surface area (Å²) in [5, 5.41) is 10.1. The van der Waals surface area contributed by atoms with Crippen molar-refractivity contribution < 1.29 is 8.78 Å². The number of rotatable bonds is 4. The highest BCUT2D eigenvalue weighted by Crippen LogP contribution is 2.28. The van der Waals surface area contributed by atoms with Crippen molar-refractivity contribution in [3.8, 4) is 29.0 Å². The van der Waals surface area contributed by atoms with Crippen LogP contribution in [-0.4, -0.2) is 0 Å². The molecular formula is C29H21F2N. The summed E-state index contributed by atoms with van der Waals surface area (Å²) in [7, 11) is 0. The van der Waals surface area contributed by atoms with Gasteiger partial charge in [-0.3, -0.25) is 0 Å². The number of halogens is 2. The van der Waals surface area contributed by atoms with E-state index in [2.05, 4.69) is 43.0 Å². The number of fused-ring (bicyclic) bond motifs is 1. The van der Waals surface area contributed by atoms with Crippen molar-refractivity contribution in [1.29, 1.82) is 5.26 Å². The van der Waals surface area contributed by atoms with Gasteiger partial charge >= 0.3 is 0 Å². The minimum atomic E-state index is -0.635. The van der Waals surface area contributed by atoms with Crippen LogP contribution in [0.2, 0.25) is 0 Å². The summed E-state index contributed by atoms with van der Waals surface area (Å²) in [6.07, 6.45) is 3.44. The van der Waals surface area contributed by atoms with Crippen LogP contribution in [-0.2, 0) is 6.42 Å². The van der Waals surface area contributed by atoms with Crippen molar-refractivity contribution in [3.63, 3.8) is 0 Å². The lowest BCUT2D eigenvalue weighted by Gasteiger charge is -2.07. The third-order valence-corrected chi connectivity index (χ3v) is 5.49. The summed E-state index contributed by atoms with van der Waals surface area (Å²) in [6.45, 7) is 2.19. The van der Waals surface area contributed by atoms with E-state index in [4.69, 9.17) is 5.26 Å². The first kappa shape index (κ1) is 21.3. The lowest BCUT2D eigenvalue weighted by molar-refractivity contribution is 0.623. The van der Waals surface area contributed by atoms with Crippen molar-refractivity contribution in [2.75, 3.05) is 0 Å². The number of aryl methyl sites for hydroxylation is 1. The largest absolute Gasteiger partial charge is 0.206 e. The van der Waals surface area contributed by atoms with Crippen LogP contribution in [0.1, 0.15) is 42.0 Å². The molecule has 0 aromatic heterocycles. The summed E-state index contributed by atoms with van der Waals surface area (Å²) >= 11 is 0. The Morgan fingerprint density at radius 2 is 1.53 bits per heavy atom. The zero-order valence-electron chi connectivity index (χ0n) is 17.8. The van der Waals surface area contributed by atoms with Gasteiger partial charge in [0.05, 0.1) is 11.1 Å². The third-order valence-electron chi connectivity index (χ3n) is 5.49. The molecule has 0 spiro atoms. The van der Waals surface area contributed by atoms with Crippen LogP contribution in [0.4, 0.5) is 8.78 Å². The molecule has 0 aliphatic heterocycles. The lowest BCUT2D eigenvalue weighted by atomic mass is 9.98. The van der Waals surface area contributed by atoms with Crippen molar-refractivity contribution in [3.05, 3.63) is 107 Å². The highest BCUT2D eigenvalue weighted by atomic mass is 19.1. The molecule has 3 heteroatoms. The van der Waals surface area contributed by atoms with E-state index in [1.54, 1.807) is 24.3 Å². The average molecular weight is 421 g/mol. The molecule has 4 rings (SSSR count). The minimum Gasteiger partial charge on any atom is -0.206 e. The summed E-state index contributed by atoms with van der Waals surface area (Å²) in [4.78, 5) is 0. The standard InChI is InChI=1S/C29H21F2N/c1-2-3-4-20-5-9-22(10-6-20)24-15-16-27-25(18-24)14-13-23(29(27)31)11-7-21-8-12-26(19-32)28(30)17-21/h5-6,8-10,12-18H,2-4H2,1H3. The van der Waals surface area contributed by atoms with Crippen LogP contribution in [0.15, 0.2) is 72.8 Å². The molecule has 1 nitrogen and oxygen atoms in total. The number of benzene rings is 4. The fourth-order valence-electron chi connectivity index (χ4n) is 3.64. The Morgan fingerprint density at radius 3 is 2.25 bits per heavy atom. The quantitative estimate of drug-likeness (QED) is 0.315. The molecule has 4 aromatic rings. The first-order valence-corrected chi connectivity index (χ1v) is 10.6. The first-order chi connectivity index (χ1) is 15.6. The van der Waals surface area contributed by atoms with Gasteiger partial charge in [-0.05, 0) is 65.3 Å². The van der Waals surface area contributed by atoms with E-state index in [-0.39, 0.29) is 11.1 Å².